The van der Waals surface area contributed by atoms with Crippen LogP contribution in [0.25, 0.3) is 0 Å². The maximum atomic E-state index is 10.9. The van der Waals surface area contributed by atoms with E-state index in [1.54, 1.807) is 18.9 Å². The van der Waals surface area contributed by atoms with Crippen LogP contribution in [0.2, 0.25) is 0 Å². The normalized spacial score (nSPS) is 9.94. The molecule has 0 bridgehead atoms. The second kappa shape index (κ2) is 6.43. The summed E-state index contributed by atoms with van der Waals surface area (Å²) in [7, 11) is 3.06. The van der Waals surface area contributed by atoms with Gasteiger partial charge in [0, 0.05) is 10.6 Å². The molecule has 1 aromatic carbocycles. The fourth-order valence-corrected chi connectivity index (χ4v) is 2.20. The number of methoxy groups -OCH3 is 2. The molecule has 0 aliphatic carbocycles. The van der Waals surface area contributed by atoms with Crippen LogP contribution in [0.1, 0.15) is 12.0 Å². The summed E-state index contributed by atoms with van der Waals surface area (Å²) in [6.07, 6.45) is 0.437. The number of benzene rings is 1. The van der Waals surface area contributed by atoms with Gasteiger partial charge in [0.25, 0.3) is 0 Å². The number of hydrogen-bond acceptors (Lipinski definition) is 4. The van der Waals surface area contributed by atoms with Gasteiger partial charge in [-0.2, -0.15) is 0 Å². The quantitative estimate of drug-likeness (QED) is 0.585. The first kappa shape index (κ1) is 12.9. The molecule has 88 valence electrons. The molecule has 16 heavy (non-hydrogen) atoms. The Bertz CT molecular complexity index is 363. The summed E-state index contributed by atoms with van der Waals surface area (Å²) in [4.78, 5) is 12.1. The Hall–Kier alpha value is -1.16. The topological polar surface area (TPSA) is 35.5 Å². The summed E-state index contributed by atoms with van der Waals surface area (Å²) in [6.45, 7) is 2.03. The minimum absolute atomic E-state index is 0.168. The summed E-state index contributed by atoms with van der Waals surface area (Å²) in [5.41, 5.74) is 1.16. The van der Waals surface area contributed by atoms with Crippen molar-refractivity contribution in [2.45, 2.75) is 18.2 Å². The van der Waals surface area contributed by atoms with Crippen LogP contribution in [0.4, 0.5) is 0 Å². The number of aryl methyl sites for hydroxylation is 1. The second-order valence-corrected chi connectivity index (χ2v) is 4.44. The lowest BCUT2D eigenvalue weighted by molar-refractivity contribution is -0.140. The van der Waals surface area contributed by atoms with Crippen LogP contribution in [-0.2, 0) is 9.53 Å². The monoisotopic (exact) mass is 240 g/mol. The van der Waals surface area contributed by atoms with Gasteiger partial charge in [-0.05, 0) is 30.7 Å². The van der Waals surface area contributed by atoms with Crippen molar-refractivity contribution in [1.82, 2.24) is 0 Å². The molecule has 0 radical (unpaired) electrons. The van der Waals surface area contributed by atoms with Crippen molar-refractivity contribution < 1.29 is 14.3 Å². The summed E-state index contributed by atoms with van der Waals surface area (Å²) in [6, 6.07) is 5.92. The Morgan fingerprint density at radius 2 is 2.12 bits per heavy atom. The first-order valence-electron chi connectivity index (χ1n) is 5.01. The van der Waals surface area contributed by atoms with Crippen LogP contribution in [0.3, 0.4) is 0 Å². The SMILES string of the molecule is COC(=O)CCSc1ccc(OC)cc1C. The molecule has 0 aliphatic rings. The number of rotatable bonds is 5. The van der Waals surface area contributed by atoms with Gasteiger partial charge in [-0.25, -0.2) is 0 Å². The number of hydrogen-bond donors (Lipinski definition) is 0. The second-order valence-electron chi connectivity index (χ2n) is 3.31. The van der Waals surface area contributed by atoms with E-state index in [1.165, 1.54) is 12.0 Å². The van der Waals surface area contributed by atoms with E-state index in [0.29, 0.717) is 6.42 Å². The van der Waals surface area contributed by atoms with E-state index in [2.05, 4.69) is 4.74 Å². The average Bonchev–Trinajstić information content (AvgIpc) is 2.30. The van der Waals surface area contributed by atoms with Crippen LogP contribution in [0.5, 0.6) is 5.75 Å². The number of ether oxygens (including phenoxy) is 2. The third-order valence-corrected chi connectivity index (χ3v) is 3.35. The molecule has 0 fully saturated rings. The van der Waals surface area contributed by atoms with Crippen LogP contribution < -0.4 is 4.74 Å². The zero-order valence-corrected chi connectivity index (χ0v) is 10.6. The van der Waals surface area contributed by atoms with Gasteiger partial charge in [0.05, 0.1) is 20.6 Å². The highest BCUT2D eigenvalue weighted by Crippen LogP contribution is 2.26. The highest BCUT2D eigenvalue weighted by atomic mass is 32.2. The average molecular weight is 240 g/mol. The van der Waals surface area contributed by atoms with Gasteiger partial charge in [0.15, 0.2) is 0 Å². The van der Waals surface area contributed by atoms with Crippen molar-refractivity contribution in [3.8, 4) is 5.75 Å². The van der Waals surface area contributed by atoms with Gasteiger partial charge >= 0.3 is 5.97 Å². The highest BCUT2D eigenvalue weighted by Gasteiger charge is 2.04. The van der Waals surface area contributed by atoms with Crippen LogP contribution in [0.15, 0.2) is 23.1 Å². The summed E-state index contributed by atoms with van der Waals surface area (Å²) in [5.74, 6) is 1.42. The minimum Gasteiger partial charge on any atom is -0.497 e. The number of thioether (sulfide) groups is 1. The molecule has 1 rings (SSSR count). The van der Waals surface area contributed by atoms with Gasteiger partial charge in [0.2, 0.25) is 0 Å². The number of carbonyl (C=O) groups excluding carboxylic acids is 1. The molecule has 3 nitrogen and oxygen atoms in total. The van der Waals surface area contributed by atoms with E-state index < -0.39 is 0 Å². The van der Waals surface area contributed by atoms with Gasteiger partial charge in [0.1, 0.15) is 5.75 Å². The summed E-state index contributed by atoms with van der Waals surface area (Å²) in [5, 5.41) is 0. The Morgan fingerprint density at radius 1 is 1.38 bits per heavy atom. The third-order valence-electron chi connectivity index (χ3n) is 2.17. The van der Waals surface area contributed by atoms with Gasteiger partial charge in [-0.1, -0.05) is 0 Å². The molecule has 0 aliphatic heterocycles. The molecule has 0 unspecified atom stereocenters. The maximum Gasteiger partial charge on any atom is 0.306 e. The van der Waals surface area contributed by atoms with E-state index in [9.17, 15) is 4.79 Å². The predicted molar refractivity (Wildman–Crippen MR) is 65.1 cm³/mol. The summed E-state index contributed by atoms with van der Waals surface area (Å²) < 4.78 is 9.71. The molecule has 0 saturated heterocycles. The largest absolute Gasteiger partial charge is 0.497 e. The molecule has 0 N–H and O–H groups in total. The molecule has 4 heteroatoms. The molecular weight excluding hydrogens is 224 g/mol. The Balaban J connectivity index is 2.51. The van der Waals surface area contributed by atoms with E-state index in [0.717, 1.165) is 17.1 Å². The minimum atomic E-state index is -0.168. The zero-order valence-electron chi connectivity index (χ0n) is 9.78. The molecule has 0 amide bonds. The van der Waals surface area contributed by atoms with E-state index in [1.807, 2.05) is 25.1 Å². The lowest BCUT2D eigenvalue weighted by Crippen LogP contribution is -2.01. The zero-order chi connectivity index (χ0) is 12.0. The maximum absolute atomic E-state index is 10.9. The fraction of sp³-hybridized carbons (Fsp3) is 0.417. The van der Waals surface area contributed by atoms with Crippen molar-refractivity contribution >= 4 is 17.7 Å². The highest BCUT2D eigenvalue weighted by molar-refractivity contribution is 7.99. The molecule has 0 atom stereocenters. The van der Waals surface area contributed by atoms with Gasteiger partial charge in [-0.3, -0.25) is 4.79 Å². The first-order chi connectivity index (χ1) is 7.67. The molecular formula is C12H16O3S. The van der Waals surface area contributed by atoms with Gasteiger partial charge < -0.3 is 9.47 Å². The molecule has 0 heterocycles. The lowest BCUT2D eigenvalue weighted by Gasteiger charge is -2.07. The summed E-state index contributed by atoms with van der Waals surface area (Å²) >= 11 is 1.65. The predicted octanol–water partition coefficient (Wildman–Crippen LogP) is 2.66. The van der Waals surface area contributed by atoms with Crippen LogP contribution in [0, 0.1) is 6.92 Å². The lowest BCUT2D eigenvalue weighted by atomic mass is 10.2. The van der Waals surface area contributed by atoms with Crippen molar-refractivity contribution in [3.05, 3.63) is 23.8 Å². The van der Waals surface area contributed by atoms with Crippen molar-refractivity contribution in [3.63, 3.8) is 0 Å². The van der Waals surface area contributed by atoms with Crippen molar-refractivity contribution in [1.29, 1.82) is 0 Å². The van der Waals surface area contributed by atoms with Gasteiger partial charge in [-0.15, -0.1) is 11.8 Å². The standard InChI is InChI=1S/C12H16O3S/c1-9-8-10(14-2)4-5-11(9)16-7-6-12(13)15-3/h4-5,8H,6-7H2,1-3H3. The molecule has 0 spiro atoms. The Labute approximate surface area is 100 Å². The van der Waals surface area contributed by atoms with Crippen molar-refractivity contribution in [2.75, 3.05) is 20.0 Å². The smallest absolute Gasteiger partial charge is 0.306 e. The van der Waals surface area contributed by atoms with Crippen LogP contribution in [-0.4, -0.2) is 25.9 Å². The number of carbonyl (C=O) groups is 1. The Kier molecular flexibility index (Phi) is 5.19. The number of esters is 1. The third kappa shape index (κ3) is 3.77. The fourth-order valence-electron chi connectivity index (χ4n) is 1.26. The molecule has 0 aromatic heterocycles. The van der Waals surface area contributed by atoms with Crippen molar-refractivity contribution in [2.24, 2.45) is 0 Å². The van der Waals surface area contributed by atoms with E-state index >= 15 is 0 Å². The molecule has 0 saturated carbocycles. The molecule has 1 aromatic rings. The first-order valence-corrected chi connectivity index (χ1v) is 6.00. The Morgan fingerprint density at radius 3 is 2.69 bits per heavy atom. The van der Waals surface area contributed by atoms with E-state index in [-0.39, 0.29) is 5.97 Å². The van der Waals surface area contributed by atoms with E-state index in [4.69, 9.17) is 4.74 Å². The van der Waals surface area contributed by atoms with Crippen LogP contribution >= 0.6 is 11.8 Å².